The van der Waals surface area contributed by atoms with E-state index in [-0.39, 0.29) is 0 Å². The quantitative estimate of drug-likeness (QED) is 0.447. The summed E-state index contributed by atoms with van der Waals surface area (Å²) in [4.78, 5) is 0. The maximum Gasteiger partial charge on any atom is 0.0547 e. The van der Waals surface area contributed by atoms with Crippen LogP contribution in [0.3, 0.4) is 0 Å². The van der Waals surface area contributed by atoms with Gasteiger partial charge in [-0.25, -0.2) is 0 Å². The summed E-state index contributed by atoms with van der Waals surface area (Å²) in [6, 6.07) is 0. The van der Waals surface area contributed by atoms with Gasteiger partial charge in [0.05, 0.1) is 8.07 Å². The molecule has 0 heterocycles. The summed E-state index contributed by atoms with van der Waals surface area (Å²) >= 11 is 0. The highest BCUT2D eigenvalue weighted by Gasteiger charge is 2.58. The molecule has 0 N–H and O–H groups in total. The first-order valence-electron chi connectivity index (χ1n) is 12.1. The Morgan fingerprint density at radius 2 is 1.04 bits per heavy atom. The van der Waals surface area contributed by atoms with Crippen LogP contribution < -0.4 is 0 Å². The lowest BCUT2D eigenvalue weighted by Gasteiger charge is -2.48. The molecule has 0 amide bonds. The minimum atomic E-state index is -1.22. The molecule has 4 rings (SSSR count). The van der Waals surface area contributed by atoms with Crippen molar-refractivity contribution in [3.05, 3.63) is 0 Å². The van der Waals surface area contributed by atoms with E-state index in [9.17, 15) is 0 Å². The number of rotatable bonds is 4. The van der Waals surface area contributed by atoms with Crippen LogP contribution in [0.4, 0.5) is 0 Å². The van der Waals surface area contributed by atoms with Crippen LogP contribution in [0, 0.1) is 35.5 Å². The molecule has 0 aromatic heterocycles. The van der Waals surface area contributed by atoms with E-state index in [0.717, 1.165) is 35.5 Å². The average molecular weight is 361 g/mol. The van der Waals surface area contributed by atoms with Gasteiger partial charge in [0.25, 0.3) is 0 Å². The minimum absolute atomic E-state index is 1.09. The van der Waals surface area contributed by atoms with Gasteiger partial charge in [-0.2, -0.15) is 0 Å². The molecular weight excluding hydrogens is 316 g/mol. The molecule has 0 spiro atoms. The molecule has 0 aromatic rings. The van der Waals surface area contributed by atoms with Crippen molar-refractivity contribution in [3.8, 4) is 0 Å². The smallest absolute Gasteiger partial charge is 0.0547 e. The molecule has 0 aromatic carbocycles. The molecule has 4 aliphatic rings. The van der Waals surface area contributed by atoms with E-state index in [0.29, 0.717) is 0 Å². The van der Waals surface area contributed by atoms with E-state index in [1.54, 1.807) is 51.4 Å². The minimum Gasteiger partial charge on any atom is -0.0689 e. The van der Waals surface area contributed by atoms with Gasteiger partial charge in [-0.1, -0.05) is 91.1 Å². The van der Waals surface area contributed by atoms with Crippen molar-refractivity contribution < 1.29 is 0 Å². The van der Waals surface area contributed by atoms with Gasteiger partial charge in [-0.15, -0.1) is 0 Å². The monoisotopic (exact) mass is 360 g/mol. The normalized spacial score (nSPS) is 47.5. The van der Waals surface area contributed by atoms with Crippen LogP contribution in [0.2, 0.25) is 24.2 Å². The highest BCUT2D eigenvalue weighted by molar-refractivity contribution is 6.80. The van der Waals surface area contributed by atoms with Gasteiger partial charge < -0.3 is 0 Å². The third-order valence-electron chi connectivity index (χ3n) is 9.85. The Morgan fingerprint density at radius 3 is 1.44 bits per heavy atom. The van der Waals surface area contributed by atoms with Crippen LogP contribution in [0.25, 0.3) is 0 Å². The Labute approximate surface area is 158 Å². The maximum absolute atomic E-state index is 2.89. The first-order valence-corrected chi connectivity index (χ1v) is 15.2. The first-order chi connectivity index (χ1) is 12.1. The predicted octanol–water partition coefficient (Wildman–Crippen LogP) is 7.91. The van der Waals surface area contributed by atoms with Crippen molar-refractivity contribution in [2.45, 2.75) is 115 Å². The second-order valence-corrected chi connectivity index (χ2v) is 16.1. The van der Waals surface area contributed by atoms with Crippen molar-refractivity contribution in [1.29, 1.82) is 0 Å². The lowest BCUT2D eigenvalue weighted by atomic mass is 9.81. The van der Waals surface area contributed by atoms with Gasteiger partial charge >= 0.3 is 0 Å². The molecule has 0 radical (unpaired) electrons. The standard InChI is InChI=1S/C24H44Si/c1-5-17-15-19-11-7-9-13-21(19)23(17)25(3,4)24-18(6-2)16-20-12-8-10-14-22(20)24/h17-24H,5-16H2,1-4H3. The lowest BCUT2D eigenvalue weighted by Crippen LogP contribution is -2.47. The second kappa shape index (κ2) is 7.32. The highest BCUT2D eigenvalue weighted by atomic mass is 28.3. The first kappa shape index (κ1) is 18.6. The highest BCUT2D eigenvalue weighted by Crippen LogP contribution is 2.65. The van der Waals surface area contributed by atoms with E-state index in [1.165, 1.54) is 36.8 Å². The summed E-state index contributed by atoms with van der Waals surface area (Å²) in [5, 5.41) is 0. The van der Waals surface area contributed by atoms with Crippen molar-refractivity contribution in [3.63, 3.8) is 0 Å². The molecule has 8 unspecified atom stereocenters. The third kappa shape index (κ3) is 3.09. The SMILES string of the molecule is CCC1CC2CCCCC2C1[Si](C)(C)C1C(CC)CC2CCCCC21. The molecule has 0 bridgehead atoms. The fraction of sp³-hybridized carbons (Fsp3) is 1.00. The van der Waals surface area contributed by atoms with Crippen molar-refractivity contribution in [1.82, 2.24) is 0 Å². The molecule has 0 aliphatic heterocycles. The summed E-state index contributed by atoms with van der Waals surface area (Å²) < 4.78 is 0. The third-order valence-corrected chi connectivity index (χ3v) is 15.1. The summed E-state index contributed by atoms with van der Waals surface area (Å²) in [6.07, 6.45) is 18.7. The van der Waals surface area contributed by atoms with Crippen molar-refractivity contribution in [2.24, 2.45) is 35.5 Å². The van der Waals surface area contributed by atoms with Crippen LogP contribution in [-0.4, -0.2) is 8.07 Å². The fourth-order valence-corrected chi connectivity index (χ4v) is 15.9. The van der Waals surface area contributed by atoms with Gasteiger partial charge in [0, 0.05) is 0 Å². The number of hydrogen-bond acceptors (Lipinski definition) is 0. The summed E-state index contributed by atoms with van der Waals surface area (Å²) in [5.74, 6) is 6.71. The van der Waals surface area contributed by atoms with E-state index in [4.69, 9.17) is 0 Å². The Hall–Kier alpha value is 0.217. The Kier molecular flexibility index (Phi) is 5.44. The van der Waals surface area contributed by atoms with Gasteiger partial charge in [0.15, 0.2) is 0 Å². The molecule has 8 atom stereocenters. The predicted molar refractivity (Wildman–Crippen MR) is 113 cm³/mol. The Balaban J connectivity index is 1.64. The molecule has 4 aliphatic carbocycles. The van der Waals surface area contributed by atoms with Crippen molar-refractivity contribution >= 4 is 8.07 Å². The second-order valence-electron chi connectivity index (χ2n) is 11.1. The molecule has 4 saturated carbocycles. The molecule has 4 fully saturated rings. The molecular formula is C24H44Si. The van der Waals surface area contributed by atoms with Gasteiger partial charge in [0.2, 0.25) is 0 Å². The van der Waals surface area contributed by atoms with Crippen LogP contribution in [0.15, 0.2) is 0 Å². The molecule has 1 heteroatoms. The fourth-order valence-electron chi connectivity index (χ4n) is 9.16. The average Bonchev–Trinajstić information content (AvgIpc) is 3.20. The molecule has 25 heavy (non-hydrogen) atoms. The number of hydrogen-bond donors (Lipinski definition) is 0. The zero-order valence-corrected chi connectivity index (χ0v) is 18.6. The number of fused-ring (bicyclic) bond motifs is 2. The maximum atomic E-state index is 2.89. The summed E-state index contributed by atoms with van der Waals surface area (Å²) in [7, 11) is -1.22. The van der Waals surface area contributed by atoms with Crippen LogP contribution in [-0.2, 0) is 0 Å². The lowest BCUT2D eigenvalue weighted by molar-refractivity contribution is 0.262. The van der Waals surface area contributed by atoms with Crippen LogP contribution >= 0.6 is 0 Å². The van der Waals surface area contributed by atoms with E-state index < -0.39 is 8.07 Å². The molecule has 0 saturated heterocycles. The van der Waals surface area contributed by atoms with E-state index in [2.05, 4.69) is 26.9 Å². The van der Waals surface area contributed by atoms with Crippen LogP contribution in [0.1, 0.15) is 90.9 Å². The Morgan fingerprint density at radius 1 is 0.640 bits per heavy atom. The van der Waals surface area contributed by atoms with Gasteiger partial charge in [-0.05, 0) is 59.4 Å². The Bertz CT molecular complexity index is 415. The zero-order chi connectivity index (χ0) is 17.6. The van der Waals surface area contributed by atoms with E-state index in [1.807, 2.05) is 0 Å². The summed E-state index contributed by atoms with van der Waals surface area (Å²) in [6.45, 7) is 10.8. The molecule has 0 nitrogen and oxygen atoms in total. The largest absolute Gasteiger partial charge is 0.0689 e. The van der Waals surface area contributed by atoms with Crippen molar-refractivity contribution in [2.75, 3.05) is 0 Å². The van der Waals surface area contributed by atoms with Crippen LogP contribution in [0.5, 0.6) is 0 Å². The summed E-state index contributed by atoms with van der Waals surface area (Å²) in [5.41, 5.74) is 2.34. The topological polar surface area (TPSA) is 0 Å². The van der Waals surface area contributed by atoms with E-state index >= 15 is 0 Å². The zero-order valence-electron chi connectivity index (χ0n) is 17.6. The van der Waals surface area contributed by atoms with Gasteiger partial charge in [-0.3, -0.25) is 0 Å². The van der Waals surface area contributed by atoms with Gasteiger partial charge in [0.1, 0.15) is 0 Å². The molecule has 144 valence electrons.